The van der Waals surface area contributed by atoms with Crippen molar-refractivity contribution in [3.8, 4) is 22.8 Å². The Hall–Kier alpha value is -2.86. The Morgan fingerprint density at radius 3 is 3.15 bits per heavy atom. The van der Waals surface area contributed by atoms with Crippen LogP contribution in [-0.2, 0) is 0 Å². The summed E-state index contributed by atoms with van der Waals surface area (Å²) in [5, 5.41) is 6.41. The van der Waals surface area contributed by atoms with Gasteiger partial charge in [0.2, 0.25) is 0 Å². The Kier molecular flexibility index (Phi) is 5.56. The zero-order valence-corrected chi connectivity index (χ0v) is 20.7. The van der Waals surface area contributed by atoms with Gasteiger partial charge >= 0.3 is 207 Å². The summed E-state index contributed by atoms with van der Waals surface area (Å²) in [7, 11) is 1.43. The van der Waals surface area contributed by atoms with E-state index in [1.165, 1.54) is 13.2 Å². The van der Waals surface area contributed by atoms with Crippen molar-refractivity contribution in [2.45, 2.75) is 22.8 Å². The standard InChI is InChI=1S/C24H24FIN5O3/c1-33-23-15(25)5-2-6-17(23)29-22-19-21-16(10-28-24(19)32)26-31-9-3-4-13(31)12-34-18-11-27-8-7-14(18)20(22)30-21/h2,5-8,11,13,16,29-30H,3-4,9-10,12H2,1H3,(H,28,32)/q-1/t13-,16+/m1/s1. The molecule has 1 amide bonds. The first-order valence-electron chi connectivity index (χ1n) is 11.2. The molecular formula is C24H24FIN5O3-. The number of anilines is 2. The van der Waals surface area contributed by atoms with Crippen LogP contribution in [0.3, 0.4) is 0 Å². The molecule has 6 rings (SSSR count). The van der Waals surface area contributed by atoms with E-state index in [9.17, 15) is 9.18 Å². The molecule has 0 unspecified atom stereocenters. The van der Waals surface area contributed by atoms with Crippen molar-refractivity contribution in [3.05, 3.63) is 53.7 Å². The fourth-order valence-corrected chi connectivity index (χ4v) is 8.40. The Bertz CT molecular complexity index is 1270. The molecule has 1 aromatic carbocycles. The normalized spacial score (nSPS) is 21.8. The number of rotatable bonds is 3. The Balaban J connectivity index is 1.56. The van der Waals surface area contributed by atoms with E-state index in [4.69, 9.17) is 9.47 Å². The summed E-state index contributed by atoms with van der Waals surface area (Å²) >= 11 is -0.406. The number of H-pyrrole nitrogens is 1. The number of halogens is 2. The number of carbonyl (C=O) groups is 1. The van der Waals surface area contributed by atoms with Crippen LogP contribution in [0.4, 0.5) is 15.8 Å². The number of benzene rings is 1. The molecular weight excluding hydrogens is 552 g/mol. The fraction of sp³-hybridized carbons (Fsp3) is 0.333. The van der Waals surface area contributed by atoms with Crippen molar-refractivity contribution in [1.29, 1.82) is 0 Å². The summed E-state index contributed by atoms with van der Waals surface area (Å²) in [6.45, 7) is 2.27. The molecule has 0 radical (unpaired) electrons. The van der Waals surface area contributed by atoms with Gasteiger partial charge in [0.15, 0.2) is 0 Å². The van der Waals surface area contributed by atoms with E-state index in [-0.39, 0.29) is 15.6 Å². The van der Waals surface area contributed by atoms with Crippen LogP contribution >= 0.6 is 0 Å². The van der Waals surface area contributed by atoms with Gasteiger partial charge in [-0.3, -0.25) is 0 Å². The van der Waals surface area contributed by atoms with Crippen LogP contribution in [0.25, 0.3) is 11.3 Å². The maximum atomic E-state index is 14.5. The molecule has 2 aromatic heterocycles. The summed E-state index contributed by atoms with van der Waals surface area (Å²) < 4.78 is 28.8. The zero-order chi connectivity index (χ0) is 23.2. The third-order valence-electron chi connectivity index (χ3n) is 6.48. The number of aromatic amines is 1. The number of fused-ring (bicyclic) bond motifs is 4. The van der Waals surface area contributed by atoms with Gasteiger partial charge in [-0.05, 0) is 0 Å². The second-order valence-corrected chi connectivity index (χ2v) is 11.8. The van der Waals surface area contributed by atoms with Crippen molar-refractivity contribution in [2.75, 3.05) is 32.1 Å². The van der Waals surface area contributed by atoms with Gasteiger partial charge in [-0.15, -0.1) is 0 Å². The molecule has 3 aliphatic rings. The number of para-hydroxylation sites is 1. The second kappa shape index (κ2) is 8.73. The van der Waals surface area contributed by atoms with Gasteiger partial charge in [-0.1, -0.05) is 0 Å². The molecule has 3 N–H and O–H groups in total. The van der Waals surface area contributed by atoms with Crippen molar-refractivity contribution < 1.29 is 40.1 Å². The molecule has 178 valence electrons. The molecule has 1 saturated heterocycles. The molecule has 0 saturated carbocycles. The van der Waals surface area contributed by atoms with E-state index in [1.54, 1.807) is 24.5 Å². The number of aromatic nitrogens is 2. The number of amides is 1. The molecule has 3 aliphatic heterocycles. The summed E-state index contributed by atoms with van der Waals surface area (Å²) in [5.74, 6) is 0.117. The Morgan fingerprint density at radius 1 is 1.35 bits per heavy atom. The van der Waals surface area contributed by atoms with Crippen molar-refractivity contribution in [3.63, 3.8) is 0 Å². The number of alkyl halides is 1. The Labute approximate surface area is 206 Å². The minimum atomic E-state index is -0.478. The monoisotopic (exact) mass is 576 g/mol. The van der Waals surface area contributed by atoms with Crippen LogP contribution < -0.4 is 41.6 Å². The second-order valence-electron chi connectivity index (χ2n) is 8.49. The van der Waals surface area contributed by atoms with Crippen molar-refractivity contribution in [2.24, 2.45) is 0 Å². The van der Waals surface area contributed by atoms with Crippen LogP contribution in [0.15, 0.2) is 36.7 Å². The fourth-order valence-electron chi connectivity index (χ4n) is 4.85. The molecule has 5 heterocycles. The average molecular weight is 576 g/mol. The zero-order valence-electron chi connectivity index (χ0n) is 18.5. The first-order chi connectivity index (χ1) is 16.6. The minimum absolute atomic E-state index is 0.0934. The van der Waals surface area contributed by atoms with Gasteiger partial charge in [-0.25, -0.2) is 0 Å². The summed E-state index contributed by atoms with van der Waals surface area (Å²) in [5.41, 5.74) is 4.05. The third-order valence-corrected chi connectivity index (χ3v) is 10.2. The van der Waals surface area contributed by atoms with Crippen LogP contribution in [0.2, 0.25) is 0 Å². The number of methoxy groups -OCH3 is 1. The first kappa shape index (κ1) is 21.7. The van der Waals surface area contributed by atoms with Gasteiger partial charge in [-0.2, -0.15) is 0 Å². The molecule has 2 bridgehead atoms. The molecule has 3 aromatic rings. The number of nitrogens with zero attached hydrogens (tertiary/aromatic N) is 2. The summed E-state index contributed by atoms with van der Waals surface area (Å²) in [6, 6.07) is 6.95. The van der Waals surface area contributed by atoms with E-state index in [0.29, 0.717) is 41.9 Å². The summed E-state index contributed by atoms with van der Waals surface area (Å²) in [4.78, 5) is 21.0. The first-order valence-corrected chi connectivity index (χ1v) is 13.5. The van der Waals surface area contributed by atoms with Crippen LogP contribution in [0, 0.1) is 5.82 Å². The van der Waals surface area contributed by atoms with Gasteiger partial charge < -0.3 is 0 Å². The molecule has 0 aliphatic carbocycles. The number of carbonyl (C=O) groups excluding carboxylic acids is 1. The SMILES string of the molecule is COc1c(F)cccc1Nc1c2[nH]c3c1C(=O)NC[C@@H]3[I-]N1CCC[C@@H]1COc1cnccc1-2. The van der Waals surface area contributed by atoms with Gasteiger partial charge in [0, 0.05) is 0 Å². The molecule has 0 spiro atoms. The predicted molar refractivity (Wildman–Crippen MR) is 121 cm³/mol. The van der Waals surface area contributed by atoms with E-state index >= 15 is 0 Å². The number of hydrogen-bond acceptors (Lipinski definition) is 6. The summed E-state index contributed by atoms with van der Waals surface area (Å²) in [6.07, 6.45) is 5.69. The number of hydrogen-bond donors (Lipinski definition) is 3. The van der Waals surface area contributed by atoms with E-state index in [2.05, 4.69) is 23.7 Å². The van der Waals surface area contributed by atoms with Gasteiger partial charge in [0.25, 0.3) is 0 Å². The van der Waals surface area contributed by atoms with Crippen LogP contribution in [0.5, 0.6) is 11.5 Å². The quantitative estimate of drug-likeness (QED) is 0.241. The van der Waals surface area contributed by atoms with Gasteiger partial charge in [0.1, 0.15) is 0 Å². The van der Waals surface area contributed by atoms with Crippen LogP contribution in [0.1, 0.15) is 32.8 Å². The van der Waals surface area contributed by atoms with E-state index < -0.39 is 27.3 Å². The number of nitrogens with one attached hydrogen (secondary N) is 3. The Morgan fingerprint density at radius 2 is 2.26 bits per heavy atom. The van der Waals surface area contributed by atoms with Crippen LogP contribution in [-0.4, -0.2) is 51.8 Å². The van der Waals surface area contributed by atoms with Crippen molar-refractivity contribution >= 4 is 17.3 Å². The van der Waals surface area contributed by atoms with E-state index in [1.807, 2.05) is 6.07 Å². The van der Waals surface area contributed by atoms with Crippen molar-refractivity contribution in [1.82, 2.24) is 18.4 Å². The van der Waals surface area contributed by atoms with E-state index in [0.717, 1.165) is 36.3 Å². The average Bonchev–Trinajstić information content (AvgIpc) is 3.44. The maximum absolute atomic E-state index is 14.5. The third kappa shape index (κ3) is 3.59. The number of ether oxygens (including phenoxy) is 2. The topological polar surface area (TPSA) is 91.5 Å². The molecule has 34 heavy (non-hydrogen) atoms. The molecule has 8 nitrogen and oxygen atoms in total. The molecule has 2 atom stereocenters. The van der Waals surface area contributed by atoms with Gasteiger partial charge in [0.05, 0.1) is 0 Å². The molecule has 10 heteroatoms. The number of pyridine rings is 1. The predicted octanol–water partition coefficient (Wildman–Crippen LogP) is 0.613. The molecule has 1 fully saturated rings.